The number of aryl methyl sites for hydroxylation is 1. The van der Waals surface area contributed by atoms with Crippen LogP contribution in [0.5, 0.6) is 23.0 Å². The summed E-state index contributed by atoms with van der Waals surface area (Å²) in [6.45, 7) is 1.89. The van der Waals surface area contributed by atoms with Gasteiger partial charge in [-0.15, -0.1) is 0 Å². The topological polar surface area (TPSA) is 135 Å². The number of aromatic hydroxyl groups is 2. The fourth-order valence-corrected chi connectivity index (χ4v) is 6.74. The summed E-state index contributed by atoms with van der Waals surface area (Å²) in [4.78, 5) is 25.8. The lowest BCUT2D eigenvalue weighted by Gasteiger charge is -2.35. The summed E-state index contributed by atoms with van der Waals surface area (Å²) < 4.78 is 16.5. The van der Waals surface area contributed by atoms with E-state index in [-0.39, 0.29) is 54.5 Å². The summed E-state index contributed by atoms with van der Waals surface area (Å²) in [5, 5.41) is 33.0. The number of phenols is 2. The minimum absolute atomic E-state index is 0.0216. The molecule has 0 aromatic heterocycles. The van der Waals surface area contributed by atoms with Crippen LogP contribution < -0.4 is 14.8 Å². The Morgan fingerprint density at radius 1 is 1.07 bits per heavy atom. The summed E-state index contributed by atoms with van der Waals surface area (Å²) in [6, 6.07) is 8.65. The molecule has 4 rings (SSSR count). The van der Waals surface area contributed by atoms with Gasteiger partial charge in [0.05, 0.1) is 13.7 Å². The molecule has 4 atom stereocenters. The van der Waals surface area contributed by atoms with E-state index in [1.54, 1.807) is 18.2 Å². The van der Waals surface area contributed by atoms with Crippen molar-refractivity contribution in [1.29, 1.82) is 0 Å². The van der Waals surface area contributed by atoms with Crippen LogP contribution >= 0.6 is 0 Å². The predicted octanol–water partition coefficient (Wildman–Crippen LogP) is 4.90. The molecule has 0 spiro atoms. The molecule has 0 unspecified atom stereocenters. The summed E-state index contributed by atoms with van der Waals surface area (Å²) in [5.41, 5.74) is 3.94. The van der Waals surface area contributed by atoms with Gasteiger partial charge in [-0.25, -0.2) is 0 Å². The minimum Gasteiger partial charge on any atom is -0.504 e. The Balaban J connectivity index is 1.56. The highest BCUT2D eigenvalue weighted by atomic mass is 16.5. The zero-order valence-corrected chi connectivity index (χ0v) is 25.4. The lowest BCUT2D eigenvalue weighted by atomic mass is 9.69. The lowest BCUT2D eigenvalue weighted by molar-refractivity contribution is -0.147. The number of aliphatic hydroxyl groups excluding tert-OH is 1. The number of esters is 1. The Hall–Kier alpha value is -3.56. The number of nitrogens with one attached hydrogen (secondary N) is 1. The van der Waals surface area contributed by atoms with Crippen molar-refractivity contribution in [2.24, 2.45) is 11.8 Å². The maximum Gasteiger partial charge on any atom is 0.302 e. The van der Waals surface area contributed by atoms with Crippen LogP contribution in [0.1, 0.15) is 74.5 Å². The van der Waals surface area contributed by atoms with E-state index in [9.17, 15) is 19.8 Å². The zero-order chi connectivity index (χ0) is 30.9. The fraction of sp³-hybridized carbons (Fsp3) is 0.529. The maximum absolute atomic E-state index is 13.8. The number of rotatable bonds is 14. The van der Waals surface area contributed by atoms with Crippen LogP contribution in [0.15, 0.2) is 36.4 Å². The second kappa shape index (κ2) is 15.3. The normalized spacial score (nSPS) is 20.2. The number of aliphatic hydroxyl groups is 1. The van der Waals surface area contributed by atoms with Crippen LogP contribution in [-0.2, 0) is 20.7 Å². The van der Waals surface area contributed by atoms with Crippen molar-refractivity contribution in [3.05, 3.63) is 53.1 Å². The van der Waals surface area contributed by atoms with Crippen molar-refractivity contribution in [3.63, 3.8) is 0 Å². The second-order valence-electron chi connectivity index (χ2n) is 11.6. The minimum atomic E-state index is -0.597. The van der Waals surface area contributed by atoms with Gasteiger partial charge in [0.2, 0.25) is 0 Å². The smallest absolute Gasteiger partial charge is 0.302 e. The Kier molecular flexibility index (Phi) is 11.5. The molecule has 0 bridgehead atoms. The van der Waals surface area contributed by atoms with Crippen molar-refractivity contribution < 1.29 is 39.1 Å². The molecule has 0 amide bonds. The third kappa shape index (κ3) is 8.30. The Labute approximate surface area is 253 Å². The maximum atomic E-state index is 13.8. The van der Waals surface area contributed by atoms with Gasteiger partial charge in [0.15, 0.2) is 23.0 Å². The largest absolute Gasteiger partial charge is 0.504 e. The molecule has 1 fully saturated rings. The van der Waals surface area contributed by atoms with Crippen LogP contribution in [0.2, 0.25) is 0 Å². The molecule has 2 aliphatic carbocycles. The van der Waals surface area contributed by atoms with Gasteiger partial charge in [-0.1, -0.05) is 25.0 Å². The van der Waals surface area contributed by atoms with Crippen molar-refractivity contribution in [2.75, 3.05) is 33.9 Å². The molecule has 2 aromatic carbocycles. The number of likely N-dealkylation sites (N-methyl/N-ethyl adjacent to an activating group) is 1. The van der Waals surface area contributed by atoms with Crippen LogP contribution in [-0.4, -0.2) is 67.1 Å². The monoisotopic (exact) mass is 595 g/mol. The van der Waals surface area contributed by atoms with E-state index < -0.39 is 12.1 Å². The van der Waals surface area contributed by atoms with E-state index in [1.165, 1.54) is 20.1 Å². The van der Waals surface area contributed by atoms with E-state index in [4.69, 9.17) is 19.3 Å². The summed E-state index contributed by atoms with van der Waals surface area (Å²) in [6.07, 6.45) is 7.42. The van der Waals surface area contributed by atoms with Gasteiger partial charge in [0, 0.05) is 26.3 Å². The SMILES string of the molecule is CNCC1=C[C@@H]2CCCC[C@@H]2[C@@H](CC(=O)C[C@@H](CCc2ccc(O)c(OCCO)c2)OC(C)=O)c2cc(OC)c(O)cc21. The van der Waals surface area contributed by atoms with Crippen LogP contribution in [0.25, 0.3) is 5.57 Å². The summed E-state index contributed by atoms with van der Waals surface area (Å²) in [5.74, 6) is 0.847. The first-order valence-electron chi connectivity index (χ1n) is 15.2. The Morgan fingerprint density at radius 3 is 2.58 bits per heavy atom. The summed E-state index contributed by atoms with van der Waals surface area (Å²) in [7, 11) is 3.44. The Morgan fingerprint density at radius 2 is 1.86 bits per heavy atom. The molecule has 4 N–H and O–H groups in total. The molecule has 234 valence electrons. The summed E-state index contributed by atoms with van der Waals surface area (Å²) >= 11 is 0. The van der Waals surface area contributed by atoms with E-state index in [2.05, 4.69) is 11.4 Å². The number of fused-ring (bicyclic) bond motifs is 2. The van der Waals surface area contributed by atoms with E-state index in [0.717, 1.165) is 47.9 Å². The predicted molar refractivity (Wildman–Crippen MR) is 164 cm³/mol. The van der Waals surface area contributed by atoms with Gasteiger partial charge in [-0.2, -0.15) is 0 Å². The van der Waals surface area contributed by atoms with Crippen molar-refractivity contribution in [3.8, 4) is 23.0 Å². The number of hydrogen-bond donors (Lipinski definition) is 4. The van der Waals surface area contributed by atoms with E-state index in [1.807, 2.05) is 13.1 Å². The van der Waals surface area contributed by atoms with Crippen LogP contribution in [0.4, 0.5) is 0 Å². The molecule has 9 nitrogen and oxygen atoms in total. The molecule has 1 saturated carbocycles. The number of ether oxygens (including phenoxy) is 3. The third-order valence-electron chi connectivity index (χ3n) is 8.63. The number of phenolic OH excluding ortho intramolecular Hbond substituents is 2. The number of carbonyl (C=O) groups is 2. The lowest BCUT2D eigenvalue weighted by Crippen LogP contribution is -2.27. The van der Waals surface area contributed by atoms with Crippen molar-refractivity contribution in [2.45, 2.75) is 70.3 Å². The van der Waals surface area contributed by atoms with Crippen LogP contribution in [0.3, 0.4) is 0 Å². The first kappa shape index (κ1) is 32.4. The number of carbonyl (C=O) groups excluding carboxylic acids is 2. The number of methoxy groups -OCH3 is 1. The molecule has 0 heterocycles. The number of hydrogen-bond acceptors (Lipinski definition) is 9. The molecule has 2 aliphatic rings. The van der Waals surface area contributed by atoms with E-state index >= 15 is 0 Å². The molecule has 0 aliphatic heterocycles. The molecule has 0 radical (unpaired) electrons. The average Bonchev–Trinajstić information content (AvgIpc) is 3.09. The van der Waals surface area contributed by atoms with Gasteiger partial charge in [0.1, 0.15) is 18.5 Å². The number of Topliss-reactive ketones (excluding diaryl/α,β-unsaturated/α-hetero) is 1. The number of allylic oxidation sites excluding steroid dienone is 1. The van der Waals surface area contributed by atoms with Gasteiger partial charge in [-0.3, -0.25) is 9.59 Å². The first-order chi connectivity index (χ1) is 20.7. The standard InChI is InChI=1S/C34H45NO8/c1-21(37)43-26(10-8-22-9-11-31(39)34(14-22)42-13-12-36)16-25(38)17-29-27-7-5-4-6-23(27)15-24(20-35-2)28-18-32(40)33(41-3)19-30(28)29/h9,11,14-15,18-19,23,26-27,29,35-36,39-40H,4-8,10,12-13,16-17,20H2,1-3H3/t23-,26+,27-,29+/m0/s1. The second-order valence-corrected chi connectivity index (χ2v) is 11.6. The molecular weight excluding hydrogens is 550 g/mol. The zero-order valence-electron chi connectivity index (χ0n) is 25.4. The molecule has 9 heteroatoms. The molecule has 2 aromatic rings. The first-order valence-corrected chi connectivity index (χ1v) is 15.2. The average molecular weight is 596 g/mol. The van der Waals surface area contributed by atoms with Gasteiger partial charge in [0.25, 0.3) is 0 Å². The Bertz CT molecular complexity index is 1310. The molecular formula is C34H45NO8. The third-order valence-corrected chi connectivity index (χ3v) is 8.63. The highest BCUT2D eigenvalue weighted by molar-refractivity contribution is 5.82. The molecule has 43 heavy (non-hydrogen) atoms. The van der Waals surface area contributed by atoms with E-state index in [0.29, 0.717) is 37.5 Å². The highest BCUT2D eigenvalue weighted by Gasteiger charge is 2.38. The van der Waals surface area contributed by atoms with Crippen LogP contribution in [0, 0.1) is 11.8 Å². The quantitative estimate of drug-likeness (QED) is 0.225. The van der Waals surface area contributed by atoms with Crippen molar-refractivity contribution >= 4 is 17.3 Å². The van der Waals surface area contributed by atoms with Gasteiger partial charge < -0.3 is 34.8 Å². The number of benzene rings is 2. The molecule has 0 saturated heterocycles. The van der Waals surface area contributed by atoms with Crippen molar-refractivity contribution in [1.82, 2.24) is 5.32 Å². The van der Waals surface area contributed by atoms with Gasteiger partial charge in [-0.05, 0) is 97.0 Å². The fourth-order valence-electron chi connectivity index (χ4n) is 6.74. The number of ketones is 1. The van der Waals surface area contributed by atoms with Gasteiger partial charge >= 0.3 is 5.97 Å². The highest BCUT2D eigenvalue weighted by Crippen LogP contribution is 2.50.